The molecule has 7 nitrogen and oxygen atoms in total. The molecule has 1 aliphatic rings. The molecule has 2 heterocycles. The normalized spacial score (nSPS) is 17.7. The van der Waals surface area contributed by atoms with E-state index < -0.39 is 16.1 Å². The summed E-state index contributed by atoms with van der Waals surface area (Å²) in [4.78, 5) is 13.0. The lowest BCUT2D eigenvalue weighted by atomic mass is 10.2. The third-order valence-electron chi connectivity index (χ3n) is 4.83. The molecule has 1 fully saturated rings. The van der Waals surface area contributed by atoms with Crippen molar-refractivity contribution in [3.8, 4) is 0 Å². The Morgan fingerprint density at radius 3 is 2.71 bits per heavy atom. The van der Waals surface area contributed by atoms with E-state index in [0.29, 0.717) is 24.5 Å². The highest BCUT2D eigenvalue weighted by Crippen LogP contribution is 2.27. The van der Waals surface area contributed by atoms with Gasteiger partial charge in [0.25, 0.3) is 0 Å². The Morgan fingerprint density at radius 2 is 2.00 bits per heavy atom. The van der Waals surface area contributed by atoms with Gasteiger partial charge in [0.15, 0.2) is 0 Å². The molecule has 152 valence electrons. The first kappa shape index (κ1) is 20.9. The largest absolute Gasteiger partial charge is 0.299 e. The predicted molar refractivity (Wildman–Crippen MR) is 110 cm³/mol. The Bertz CT molecular complexity index is 910. The van der Waals surface area contributed by atoms with E-state index >= 15 is 0 Å². The van der Waals surface area contributed by atoms with Gasteiger partial charge in [-0.05, 0) is 38.3 Å². The van der Waals surface area contributed by atoms with Crippen molar-refractivity contribution in [3.63, 3.8) is 0 Å². The van der Waals surface area contributed by atoms with Crippen molar-refractivity contribution in [1.29, 1.82) is 0 Å². The molecular formula is C19H26N4O3S2. The summed E-state index contributed by atoms with van der Waals surface area (Å²) in [7, 11) is -3.71. The minimum Gasteiger partial charge on any atom is -0.299 e. The van der Waals surface area contributed by atoms with E-state index in [-0.39, 0.29) is 10.8 Å². The molecule has 1 saturated heterocycles. The number of benzene rings is 1. The van der Waals surface area contributed by atoms with Crippen molar-refractivity contribution in [3.05, 3.63) is 34.8 Å². The second kappa shape index (κ2) is 9.11. The number of aromatic nitrogens is 2. The summed E-state index contributed by atoms with van der Waals surface area (Å²) in [6, 6.07) is 5.98. The van der Waals surface area contributed by atoms with Gasteiger partial charge >= 0.3 is 0 Å². The summed E-state index contributed by atoms with van der Waals surface area (Å²) < 4.78 is 27.3. The van der Waals surface area contributed by atoms with E-state index in [1.165, 1.54) is 15.6 Å². The molecule has 1 N–H and O–H groups in total. The summed E-state index contributed by atoms with van der Waals surface area (Å²) in [5.74, 6) is -0.343. The molecule has 28 heavy (non-hydrogen) atoms. The fourth-order valence-corrected chi connectivity index (χ4v) is 5.70. The molecule has 0 saturated carbocycles. The van der Waals surface area contributed by atoms with Crippen LogP contribution in [0.1, 0.15) is 49.6 Å². The van der Waals surface area contributed by atoms with Gasteiger partial charge < -0.3 is 0 Å². The SMILES string of the molecule is CCCCCc1nnc(NC(=O)[C@@H]2CCCN2S(=O)(=O)c2ccc(C)cc2)s1. The number of aryl methyl sites for hydroxylation is 2. The molecule has 9 heteroatoms. The Kier molecular flexibility index (Phi) is 6.79. The maximum Gasteiger partial charge on any atom is 0.244 e. The lowest BCUT2D eigenvalue weighted by Gasteiger charge is -2.23. The van der Waals surface area contributed by atoms with E-state index in [1.807, 2.05) is 6.92 Å². The molecule has 0 bridgehead atoms. The minimum absolute atomic E-state index is 0.215. The highest BCUT2D eigenvalue weighted by Gasteiger charge is 2.39. The third-order valence-corrected chi connectivity index (χ3v) is 7.65. The summed E-state index contributed by atoms with van der Waals surface area (Å²) >= 11 is 1.36. The Balaban J connectivity index is 1.68. The highest BCUT2D eigenvalue weighted by molar-refractivity contribution is 7.89. The van der Waals surface area contributed by atoms with Crippen LogP contribution in [-0.4, -0.2) is 41.4 Å². The van der Waals surface area contributed by atoms with Crippen molar-refractivity contribution >= 4 is 32.4 Å². The van der Waals surface area contributed by atoms with Crippen LogP contribution in [0.4, 0.5) is 5.13 Å². The summed E-state index contributed by atoms with van der Waals surface area (Å²) in [5, 5.41) is 12.2. The van der Waals surface area contributed by atoms with Crippen molar-refractivity contribution in [2.75, 3.05) is 11.9 Å². The minimum atomic E-state index is -3.71. The first-order valence-electron chi connectivity index (χ1n) is 9.63. The van der Waals surface area contributed by atoms with Gasteiger partial charge in [0, 0.05) is 13.0 Å². The number of unbranched alkanes of at least 4 members (excludes halogenated alkanes) is 2. The molecule has 1 atom stereocenters. The number of rotatable bonds is 8. The maximum absolute atomic E-state index is 13.0. The van der Waals surface area contributed by atoms with E-state index in [2.05, 4.69) is 22.4 Å². The molecule has 0 unspecified atom stereocenters. The monoisotopic (exact) mass is 422 g/mol. The summed E-state index contributed by atoms with van der Waals surface area (Å²) in [5.41, 5.74) is 0.987. The molecule has 3 rings (SSSR count). The van der Waals surface area contributed by atoms with Gasteiger partial charge in [0.05, 0.1) is 4.90 Å². The number of nitrogens with zero attached hydrogens (tertiary/aromatic N) is 3. The molecule has 1 aromatic heterocycles. The van der Waals surface area contributed by atoms with Gasteiger partial charge in [-0.1, -0.05) is 48.8 Å². The molecule has 0 aliphatic carbocycles. The van der Waals surface area contributed by atoms with E-state index in [1.54, 1.807) is 24.3 Å². The average Bonchev–Trinajstić information content (AvgIpc) is 3.32. The Hall–Kier alpha value is -1.84. The van der Waals surface area contributed by atoms with Crippen LogP contribution >= 0.6 is 11.3 Å². The van der Waals surface area contributed by atoms with Gasteiger partial charge in [-0.3, -0.25) is 10.1 Å². The third kappa shape index (κ3) is 4.76. The molecule has 0 radical (unpaired) electrons. The maximum atomic E-state index is 13.0. The number of hydrogen-bond donors (Lipinski definition) is 1. The van der Waals surface area contributed by atoms with Crippen LogP contribution in [0.25, 0.3) is 0 Å². The lowest BCUT2D eigenvalue weighted by Crippen LogP contribution is -2.43. The van der Waals surface area contributed by atoms with Crippen molar-refractivity contribution in [2.24, 2.45) is 0 Å². The molecule has 2 aromatic rings. The van der Waals surface area contributed by atoms with E-state index in [4.69, 9.17) is 0 Å². The van der Waals surface area contributed by atoms with Gasteiger partial charge in [-0.2, -0.15) is 4.31 Å². The number of hydrogen-bond acceptors (Lipinski definition) is 6. The van der Waals surface area contributed by atoms with Crippen molar-refractivity contribution < 1.29 is 13.2 Å². The van der Waals surface area contributed by atoms with Crippen LogP contribution in [0, 0.1) is 6.92 Å². The zero-order chi connectivity index (χ0) is 20.1. The first-order chi connectivity index (χ1) is 13.4. The number of anilines is 1. The van der Waals surface area contributed by atoms with Crippen molar-refractivity contribution in [2.45, 2.75) is 63.3 Å². The Labute approximate surface area is 170 Å². The molecule has 0 spiro atoms. The van der Waals surface area contributed by atoms with Crippen LogP contribution in [0.3, 0.4) is 0 Å². The number of amides is 1. The topological polar surface area (TPSA) is 92.3 Å². The zero-order valence-corrected chi connectivity index (χ0v) is 17.9. The number of carbonyl (C=O) groups is 1. The quantitative estimate of drug-likeness (QED) is 0.659. The summed E-state index contributed by atoms with van der Waals surface area (Å²) in [6.07, 6.45) is 5.31. The summed E-state index contributed by atoms with van der Waals surface area (Å²) in [6.45, 7) is 4.39. The van der Waals surface area contributed by atoms with Gasteiger partial charge in [-0.15, -0.1) is 10.2 Å². The second-order valence-corrected chi connectivity index (χ2v) is 9.99. The molecule has 1 aromatic carbocycles. The van der Waals surface area contributed by atoms with Crippen LogP contribution in [-0.2, 0) is 21.2 Å². The Morgan fingerprint density at radius 1 is 1.25 bits per heavy atom. The standard InChI is InChI=1S/C19H26N4O3S2/c1-3-4-5-8-17-21-22-19(27-17)20-18(24)16-7-6-13-23(16)28(25,26)15-11-9-14(2)10-12-15/h9-12,16H,3-8,13H2,1-2H3,(H,20,22,24)/t16-/m0/s1. The van der Waals surface area contributed by atoms with Gasteiger partial charge in [-0.25, -0.2) is 8.42 Å². The second-order valence-electron chi connectivity index (χ2n) is 7.03. The molecule has 1 aliphatic heterocycles. The average molecular weight is 423 g/mol. The zero-order valence-electron chi connectivity index (χ0n) is 16.2. The van der Waals surface area contributed by atoms with Crippen LogP contribution in [0.5, 0.6) is 0 Å². The first-order valence-corrected chi connectivity index (χ1v) is 11.9. The smallest absolute Gasteiger partial charge is 0.244 e. The molecule has 1 amide bonds. The predicted octanol–water partition coefficient (Wildman–Crippen LogP) is 3.37. The highest BCUT2D eigenvalue weighted by atomic mass is 32.2. The van der Waals surface area contributed by atoms with E-state index in [9.17, 15) is 13.2 Å². The van der Waals surface area contributed by atoms with Crippen LogP contribution < -0.4 is 5.32 Å². The fraction of sp³-hybridized carbons (Fsp3) is 0.526. The van der Waals surface area contributed by atoms with Crippen molar-refractivity contribution in [1.82, 2.24) is 14.5 Å². The number of sulfonamides is 1. The van der Waals surface area contributed by atoms with Crippen LogP contribution in [0.2, 0.25) is 0 Å². The molecular weight excluding hydrogens is 396 g/mol. The van der Waals surface area contributed by atoms with Gasteiger partial charge in [0.2, 0.25) is 21.1 Å². The van der Waals surface area contributed by atoms with E-state index in [0.717, 1.165) is 36.3 Å². The fourth-order valence-electron chi connectivity index (χ4n) is 3.26. The van der Waals surface area contributed by atoms with Gasteiger partial charge in [0.1, 0.15) is 11.0 Å². The lowest BCUT2D eigenvalue weighted by molar-refractivity contribution is -0.119. The van der Waals surface area contributed by atoms with Crippen LogP contribution in [0.15, 0.2) is 29.2 Å². The number of carbonyl (C=O) groups excluding carboxylic acids is 1. The number of nitrogens with one attached hydrogen (secondary N) is 1.